The number of hydrogen-bond acceptors (Lipinski definition) is 3. The second kappa shape index (κ2) is 9.81. The SMILES string of the molecule is c1ccc(-c2ccc(N(c3ccccc3)c3cccc4sc5c6c7ccccc7sc6c6ccccc6c5c34)cc2)cc1. The van der Waals surface area contributed by atoms with E-state index in [2.05, 4.69) is 157 Å². The maximum absolute atomic E-state index is 2.42. The van der Waals surface area contributed by atoms with Crippen LogP contribution in [0.1, 0.15) is 0 Å². The Morgan fingerprint density at radius 2 is 0.930 bits per heavy atom. The summed E-state index contributed by atoms with van der Waals surface area (Å²) in [5, 5.41) is 8.06. The molecule has 1 nitrogen and oxygen atoms in total. The van der Waals surface area contributed by atoms with Gasteiger partial charge in [0.2, 0.25) is 0 Å². The molecule has 0 saturated carbocycles. The summed E-state index contributed by atoms with van der Waals surface area (Å²) in [5.41, 5.74) is 5.93. The fourth-order valence-corrected chi connectivity index (χ4v) is 9.16. The van der Waals surface area contributed by atoms with E-state index in [0.29, 0.717) is 0 Å². The van der Waals surface area contributed by atoms with Crippen LogP contribution in [-0.4, -0.2) is 0 Å². The summed E-state index contributed by atoms with van der Waals surface area (Å²) in [6.45, 7) is 0. The van der Waals surface area contributed by atoms with Gasteiger partial charge in [-0.2, -0.15) is 0 Å². The first kappa shape index (κ1) is 24.6. The van der Waals surface area contributed by atoms with Crippen LogP contribution in [0.5, 0.6) is 0 Å². The Bertz CT molecular complexity index is 2440. The van der Waals surface area contributed by atoms with Crippen molar-refractivity contribution in [1.29, 1.82) is 0 Å². The molecule has 0 unspecified atom stereocenters. The van der Waals surface area contributed by atoms with Crippen molar-refractivity contribution in [3.05, 3.63) is 152 Å². The lowest BCUT2D eigenvalue weighted by Gasteiger charge is -2.26. The summed E-state index contributed by atoms with van der Waals surface area (Å²) in [5.74, 6) is 0. The molecule has 9 rings (SSSR count). The number of hydrogen-bond donors (Lipinski definition) is 0. The number of benzene rings is 7. The van der Waals surface area contributed by atoms with Gasteiger partial charge < -0.3 is 4.90 Å². The molecule has 43 heavy (non-hydrogen) atoms. The second-order valence-corrected chi connectivity index (χ2v) is 13.0. The standard InChI is InChI=1S/C40H25NS2/c1-3-12-26(13-4-1)27-22-24-29(25-23-27)41(28-14-5-2-6-15-28)33-19-11-21-35-38(33)36-30-16-7-8-17-31(30)39-37(40(36)43-35)32-18-9-10-20-34(32)42-39/h1-25H. The van der Waals surface area contributed by atoms with E-state index in [4.69, 9.17) is 0 Å². The van der Waals surface area contributed by atoms with Crippen LogP contribution in [0.15, 0.2) is 152 Å². The normalized spacial score (nSPS) is 11.7. The molecule has 0 spiro atoms. The van der Waals surface area contributed by atoms with Crippen LogP contribution >= 0.6 is 22.7 Å². The molecule has 2 heterocycles. The van der Waals surface area contributed by atoms with Crippen LogP contribution in [0.25, 0.3) is 62.2 Å². The van der Waals surface area contributed by atoms with Crippen LogP contribution < -0.4 is 4.90 Å². The highest BCUT2D eigenvalue weighted by Crippen LogP contribution is 2.52. The van der Waals surface area contributed by atoms with Gasteiger partial charge in [0.05, 0.1) is 5.69 Å². The first-order valence-electron chi connectivity index (χ1n) is 14.5. The molecule has 0 aliphatic heterocycles. The predicted molar refractivity (Wildman–Crippen MR) is 190 cm³/mol. The zero-order chi connectivity index (χ0) is 28.3. The summed E-state index contributed by atoms with van der Waals surface area (Å²) < 4.78 is 5.41. The molecule has 202 valence electrons. The van der Waals surface area contributed by atoms with Crippen LogP contribution in [0.4, 0.5) is 17.1 Å². The van der Waals surface area contributed by atoms with Crippen molar-refractivity contribution < 1.29 is 0 Å². The smallest absolute Gasteiger partial charge is 0.0555 e. The summed E-state index contributed by atoms with van der Waals surface area (Å²) in [6.07, 6.45) is 0. The van der Waals surface area contributed by atoms with E-state index in [0.717, 1.165) is 11.4 Å². The van der Waals surface area contributed by atoms with Gasteiger partial charge in [0.15, 0.2) is 0 Å². The molecule has 7 aromatic carbocycles. The van der Waals surface area contributed by atoms with E-state index < -0.39 is 0 Å². The first-order chi connectivity index (χ1) is 21.3. The predicted octanol–water partition coefficient (Wildman–Crippen LogP) is 12.7. The molecule has 0 aliphatic rings. The molecule has 0 fully saturated rings. The van der Waals surface area contributed by atoms with E-state index >= 15 is 0 Å². The highest BCUT2D eigenvalue weighted by atomic mass is 32.1. The zero-order valence-corrected chi connectivity index (χ0v) is 24.8. The van der Waals surface area contributed by atoms with Crippen LogP contribution in [-0.2, 0) is 0 Å². The Balaban J connectivity index is 1.37. The van der Waals surface area contributed by atoms with Gasteiger partial charge >= 0.3 is 0 Å². The number of nitrogens with zero attached hydrogens (tertiary/aromatic N) is 1. The van der Waals surface area contributed by atoms with Crippen molar-refractivity contribution in [2.75, 3.05) is 4.90 Å². The van der Waals surface area contributed by atoms with Crippen LogP contribution in [0.2, 0.25) is 0 Å². The van der Waals surface area contributed by atoms with Gasteiger partial charge in [0.1, 0.15) is 0 Å². The van der Waals surface area contributed by atoms with Crippen molar-refractivity contribution in [1.82, 2.24) is 0 Å². The van der Waals surface area contributed by atoms with E-state index in [1.807, 2.05) is 22.7 Å². The molecule has 0 radical (unpaired) electrons. The van der Waals surface area contributed by atoms with E-state index in [1.165, 1.54) is 67.9 Å². The lowest BCUT2D eigenvalue weighted by atomic mass is 9.98. The molecule has 0 aliphatic carbocycles. The average molecular weight is 584 g/mol. The number of para-hydroxylation sites is 1. The van der Waals surface area contributed by atoms with E-state index in [1.54, 1.807) is 0 Å². The Labute approximate surface area is 257 Å². The van der Waals surface area contributed by atoms with Gasteiger partial charge in [-0.3, -0.25) is 0 Å². The lowest BCUT2D eigenvalue weighted by molar-refractivity contribution is 1.30. The quantitative estimate of drug-likeness (QED) is 0.199. The Kier molecular flexibility index (Phi) is 5.62. The van der Waals surface area contributed by atoms with Gasteiger partial charge in [-0.1, -0.05) is 109 Å². The molecule has 0 atom stereocenters. The molecule has 0 bridgehead atoms. The number of rotatable bonds is 4. The van der Waals surface area contributed by atoms with Gasteiger partial charge in [0.25, 0.3) is 0 Å². The first-order valence-corrected chi connectivity index (χ1v) is 16.2. The third kappa shape index (κ3) is 3.82. The number of anilines is 3. The minimum Gasteiger partial charge on any atom is -0.310 e. The maximum atomic E-state index is 2.42. The Morgan fingerprint density at radius 1 is 0.349 bits per heavy atom. The number of thiophene rings is 2. The average Bonchev–Trinajstić information content (AvgIpc) is 3.66. The minimum atomic E-state index is 1.14. The van der Waals surface area contributed by atoms with Gasteiger partial charge in [-0.05, 0) is 59.0 Å². The fraction of sp³-hybridized carbons (Fsp3) is 0. The molecule has 9 aromatic rings. The van der Waals surface area contributed by atoms with Crippen molar-refractivity contribution in [2.24, 2.45) is 0 Å². The summed E-state index contributed by atoms with van der Waals surface area (Å²) in [6, 6.07) is 55.0. The van der Waals surface area contributed by atoms with Crippen LogP contribution in [0, 0.1) is 0 Å². The molecule has 0 N–H and O–H groups in total. The lowest BCUT2D eigenvalue weighted by Crippen LogP contribution is -2.10. The molecule has 0 saturated heterocycles. The van der Waals surface area contributed by atoms with E-state index in [9.17, 15) is 0 Å². The van der Waals surface area contributed by atoms with Crippen molar-refractivity contribution in [3.8, 4) is 11.1 Å². The topological polar surface area (TPSA) is 3.24 Å². The summed E-state index contributed by atoms with van der Waals surface area (Å²) in [7, 11) is 0. The monoisotopic (exact) mass is 583 g/mol. The molecule has 2 aromatic heterocycles. The second-order valence-electron chi connectivity index (χ2n) is 10.9. The highest BCUT2D eigenvalue weighted by molar-refractivity contribution is 7.30. The van der Waals surface area contributed by atoms with Crippen molar-refractivity contribution in [2.45, 2.75) is 0 Å². The van der Waals surface area contributed by atoms with Gasteiger partial charge in [-0.15, -0.1) is 22.7 Å². The minimum absolute atomic E-state index is 1.14. The van der Waals surface area contributed by atoms with Crippen molar-refractivity contribution in [3.63, 3.8) is 0 Å². The molecular weight excluding hydrogens is 559 g/mol. The molecule has 3 heteroatoms. The number of fused-ring (bicyclic) bond motifs is 10. The molecule has 0 amide bonds. The van der Waals surface area contributed by atoms with Crippen LogP contribution in [0.3, 0.4) is 0 Å². The third-order valence-corrected chi connectivity index (χ3v) is 10.8. The zero-order valence-electron chi connectivity index (χ0n) is 23.2. The largest absolute Gasteiger partial charge is 0.310 e. The fourth-order valence-electron chi connectivity index (χ4n) is 6.55. The summed E-state index contributed by atoms with van der Waals surface area (Å²) in [4.78, 5) is 2.42. The summed E-state index contributed by atoms with van der Waals surface area (Å²) >= 11 is 3.84. The van der Waals surface area contributed by atoms with E-state index in [-0.39, 0.29) is 0 Å². The highest BCUT2D eigenvalue weighted by Gasteiger charge is 2.22. The van der Waals surface area contributed by atoms with Gasteiger partial charge in [0, 0.05) is 57.1 Å². The molecular formula is C40H25NS2. The maximum Gasteiger partial charge on any atom is 0.0555 e. The third-order valence-electron chi connectivity index (χ3n) is 8.44. The Hall–Kier alpha value is -4.96. The van der Waals surface area contributed by atoms with Gasteiger partial charge in [-0.25, -0.2) is 0 Å². The van der Waals surface area contributed by atoms with Crippen molar-refractivity contribution >= 4 is 90.9 Å². The Morgan fingerprint density at radius 3 is 1.72 bits per heavy atom.